The minimum absolute atomic E-state index is 0.259. The summed E-state index contributed by atoms with van der Waals surface area (Å²) < 4.78 is 5.39. The number of rotatable bonds is 6. The Balaban J connectivity index is 4.48. The summed E-state index contributed by atoms with van der Waals surface area (Å²) in [5, 5.41) is 0. The first kappa shape index (κ1) is 16.8. The largest absolute Gasteiger partial charge is 0.444 e. The molecular weight excluding hydrogens is 226 g/mol. The Hall–Kier alpha value is -1.25. The van der Waals surface area contributed by atoms with E-state index in [0.717, 1.165) is 24.0 Å². The van der Waals surface area contributed by atoms with Crippen molar-refractivity contribution in [2.24, 2.45) is 0 Å². The lowest BCUT2D eigenvalue weighted by atomic mass is 10.2. The molecule has 0 N–H and O–H groups in total. The summed E-state index contributed by atoms with van der Waals surface area (Å²) >= 11 is 0. The maximum atomic E-state index is 12.0. The van der Waals surface area contributed by atoms with E-state index in [1.54, 1.807) is 4.90 Å². The van der Waals surface area contributed by atoms with E-state index in [1.807, 2.05) is 34.6 Å². The summed E-state index contributed by atoms with van der Waals surface area (Å²) in [5.41, 5.74) is 1.68. The maximum absolute atomic E-state index is 12.0. The van der Waals surface area contributed by atoms with Crippen molar-refractivity contribution in [3.05, 3.63) is 24.3 Å². The van der Waals surface area contributed by atoms with Crippen LogP contribution in [0.5, 0.6) is 0 Å². The number of hydrogen-bond acceptors (Lipinski definition) is 2. The molecule has 0 atom stereocenters. The van der Waals surface area contributed by atoms with Gasteiger partial charge in [-0.25, -0.2) is 4.79 Å². The fourth-order valence-corrected chi connectivity index (χ4v) is 1.27. The van der Waals surface area contributed by atoms with E-state index in [-0.39, 0.29) is 6.09 Å². The molecule has 0 rings (SSSR count). The Kier molecular flexibility index (Phi) is 6.74. The van der Waals surface area contributed by atoms with Gasteiger partial charge in [0.2, 0.25) is 0 Å². The molecule has 0 bridgehead atoms. The summed E-state index contributed by atoms with van der Waals surface area (Å²) in [6, 6.07) is 0. The second kappa shape index (κ2) is 7.24. The van der Waals surface area contributed by atoms with Crippen molar-refractivity contribution in [1.29, 1.82) is 0 Å². The van der Waals surface area contributed by atoms with Gasteiger partial charge in [-0.15, -0.1) is 13.2 Å². The van der Waals surface area contributed by atoms with Crippen LogP contribution in [-0.4, -0.2) is 29.7 Å². The average Bonchev–Trinajstić information content (AvgIpc) is 2.13. The predicted octanol–water partition coefficient (Wildman–Crippen LogP) is 4.16. The average molecular weight is 253 g/mol. The van der Waals surface area contributed by atoms with E-state index in [0.29, 0.717) is 13.1 Å². The Morgan fingerprint density at radius 1 is 1.06 bits per heavy atom. The van der Waals surface area contributed by atoms with Crippen LogP contribution in [0.1, 0.15) is 47.5 Å². The zero-order valence-electron chi connectivity index (χ0n) is 12.5. The van der Waals surface area contributed by atoms with Gasteiger partial charge in [-0.05, 0) is 47.5 Å². The molecule has 0 radical (unpaired) electrons. The van der Waals surface area contributed by atoms with Crippen molar-refractivity contribution < 1.29 is 9.53 Å². The van der Waals surface area contributed by atoms with Gasteiger partial charge in [0.05, 0.1) is 0 Å². The second-order valence-electron chi connectivity index (χ2n) is 5.88. The highest BCUT2D eigenvalue weighted by Gasteiger charge is 2.21. The van der Waals surface area contributed by atoms with E-state index >= 15 is 0 Å². The fourth-order valence-electron chi connectivity index (χ4n) is 1.27. The quantitative estimate of drug-likeness (QED) is 0.665. The molecule has 0 aliphatic rings. The summed E-state index contributed by atoms with van der Waals surface area (Å²) in [5.74, 6) is 0. The lowest BCUT2D eigenvalue weighted by Gasteiger charge is -2.27. The van der Waals surface area contributed by atoms with Crippen LogP contribution in [0.3, 0.4) is 0 Å². The van der Waals surface area contributed by atoms with Crippen molar-refractivity contribution in [3.63, 3.8) is 0 Å². The SMILES string of the molecule is C=C(C)CCN(CCC(=C)C)C(=O)OC(C)(C)C. The predicted molar refractivity (Wildman–Crippen MR) is 76.7 cm³/mol. The number of hydrogen-bond donors (Lipinski definition) is 0. The molecule has 104 valence electrons. The lowest BCUT2D eigenvalue weighted by molar-refractivity contribution is 0.0254. The molecule has 0 saturated heterocycles. The first-order chi connectivity index (χ1) is 8.11. The van der Waals surface area contributed by atoms with Crippen LogP contribution in [0, 0.1) is 0 Å². The Morgan fingerprint density at radius 2 is 1.44 bits per heavy atom. The topological polar surface area (TPSA) is 29.5 Å². The molecule has 0 aromatic rings. The van der Waals surface area contributed by atoms with E-state index < -0.39 is 5.60 Å². The zero-order chi connectivity index (χ0) is 14.3. The van der Waals surface area contributed by atoms with Crippen molar-refractivity contribution in [2.75, 3.05) is 13.1 Å². The first-order valence-electron chi connectivity index (χ1n) is 6.38. The summed E-state index contributed by atoms with van der Waals surface area (Å²) in [4.78, 5) is 13.8. The van der Waals surface area contributed by atoms with Gasteiger partial charge in [-0.3, -0.25) is 0 Å². The third-order valence-corrected chi connectivity index (χ3v) is 2.27. The summed E-state index contributed by atoms with van der Waals surface area (Å²) in [7, 11) is 0. The molecule has 0 aliphatic carbocycles. The van der Waals surface area contributed by atoms with Crippen LogP contribution < -0.4 is 0 Å². The number of nitrogens with zero attached hydrogens (tertiary/aromatic N) is 1. The third-order valence-electron chi connectivity index (χ3n) is 2.27. The number of amides is 1. The highest BCUT2D eigenvalue weighted by atomic mass is 16.6. The van der Waals surface area contributed by atoms with Gasteiger partial charge in [0.15, 0.2) is 0 Å². The minimum Gasteiger partial charge on any atom is -0.444 e. The molecule has 0 aliphatic heterocycles. The fraction of sp³-hybridized carbons (Fsp3) is 0.667. The molecule has 0 spiro atoms. The molecule has 1 amide bonds. The van der Waals surface area contributed by atoms with Crippen molar-refractivity contribution in [3.8, 4) is 0 Å². The molecule has 0 fully saturated rings. The molecule has 0 saturated carbocycles. The highest BCUT2D eigenvalue weighted by Crippen LogP contribution is 2.12. The van der Waals surface area contributed by atoms with Crippen LogP contribution in [-0.2, 0) is 4.74 Å². The van der Waals surface area contributed by atoms with Gasteiger partial charge >= 0.3 is 6.09 Å². The van der Waals surface area contributed by atoms with Crippen LogP contribution in [0.4, 0.5) is 4.79 Å². The third kappa shape index (κ3) is 8.85. The van der Waals surface area contributed by atoms with Gasteiger partial charge in [-0.2, -0.15) is 0 Å². The van der Waals surface area contributed by atoms with E-state index in [2.05, 4.69) is 13.2 Å². The maximum Gasteiger partial charge on any atom is 0.410 e. The van der Waals surface area contributed by atoms with Crippen molar-refractivity contribution in [1.82, 2.24) is 4.90 Å². The van der Waals surface area contributed by atoms with Gasteiger partial charge in [-0.1, -0.05) is 11.1 Å². The van der Waals surface area contributed by atoms with Crippen LogP contribution in [0.15, 0.2) is 24.3 Å². The Labute approximate surface area is 112 Å². The summed E-state index contributed by atoms with van der Waals surface area (Å²) in [6.07, 6.45) is 1.34. The Bertz CT molecular complexity index is 295. The standard InChI is InChI=1S/C15H27NO2/c1-12(2)8-10-16(11-9-13(3)4)14(17)18-15(5,6)7/h1,3,8-11H2,2,4-7H3. The molecular formula is C15H27NO2. The molecule has 18 heavy (non-hydrogen) atoms. The summed E-state index contributed by atoms with van der Waals surface area (Å²) in [6.45, 7) is 18.6. The molecule has 0 heterocycles. The van der Waals surface area contributed by atoms with E-state index in [9.17, 15) is 4.79 Å². The van der Waals surface area contributed by atoms with Gasteiger partial charge in [0.1, 0.15) is 5.60 Å². The van der Waals surface area contributed by atoms with Crippen LogP contribution in [0.25, 0.3) is 0 Å². The van der Waals surface area contributed by atoms with Crippen LogP contribution in [0.2, 0.25) is 0 Å². The number of carbonyl (C=O) groups is 1. The number of carbonyl (C=O) groups excluding carboxylic acids is 1. The molecule has 3 heteroatoms. The molecule has 0 aromatic carbocycles. The van der Waals surface area contributed by atoms with Gasteiger partial charge < -0.3 is 9.64 Å². The van der Waals surface area contributed by atoms with Crippen molar-refractivity contribution in [2.45, 2.75) is 53.1 Å². The smallest absolute Gasteiger partial charge is 0.410 e. The normalized spacial score (nSPS) is 10.9. The second-order valence-corrected chi connectivity index (χ2v) is 5.88. The van der Waals surface area contributed by atoms with Gasteiger partial charge in [0, 0.05) is 13.1 Å². The van der Waals surface area contributed by atoms with Gasteiger partial charge in [0.25, 0.3) is 0 Å². The minimum atomic E-state index is -0.457. The Morgan fingerprint density at radius 3 is 1.72 bits per heavy atom. The highest BCUT2D eigenvalue weighted by molar-refractivity contribution is 5.68. The van der Waals surface area contributed by atoms with Crippen molar-refractivity contribution >= 4 is 6.09 Å². The van der Waals surface area contributed by atoms with E-state index in [1.165, 1.54) is 0 Å². The lowest BCUT2D eigenvalue weighted by Crippen LogP contribution is -2.38. The number of ether oxygens (including phenoxy) is 1. The van der Waals surface area contributed by atoms with E-state index in [4.69, 9.17) is 4.74 Å². The molecule has 0 unspecified atom stereocenters. The first-order valence-corrected chi connectivity index (χ1v) is 6.38. The molecule has 3 nitrogen and oxygen atoms in total. The molecule has 0 aromatic heterocycles. The monoisotopic (exact) mass is 253 g/mol. The zero-order valence-corrected chi connectivity index (χ0v) is 12.5. The van der Waals surface area contributed by atoms with Crippen LogP contribution >= 0.6 is 0 Å².